The normalized spacial score (nSPS) is 23.0. The van der Waals surface area contributed by atoms with Crippen LogP contribution in [0, 0.1) is 0 Å². The summed E-state index contributed by atoms with van der Waals surface area (Å²) in [5.74, 6) is 2.10. The number of ether oxygens (including phenoxy) is 2. The lowest BCUT2D eigenvalue weighted by Gasteiger charge is -2.33. The number of hydrogen-bond acceptors (Lipinski definition) is 5. The van der Waals surface area contributed by atoms with Crippen molar-refractivity contribution in [2.45, 2.75) is 25.4 Å². The van der Waals surface area contributed by atoms with Crippen molar-refractivity contribution in [3.05, 3.63) is 41.5 Å². The molecular formula is C17H20N4O3. The van der Waals surface area contributed by atoms with Crippen molar-refractivity contribution in [1.29, 1.82) is 0 Å². The SMILES string of the molecule is CCc1nc([C@@H]2CN(C(=O)[C@H]3COc4ccccc43)CCO2)n[nH]1. The van der Waals surface area contributed by atoms with E-state index in [2.05, 4.69) is 15.2 Å². The predicted molar refractivity (Wildman–Crippen MR) is 85.7 cm³/mol. The first kappa shape index (κ1) is 15.1. The van der Waals surface area contributed by atoms with Crippen LogP contribution in [-0.2, 0) is 16.0 Å². The van der Waals surface area contributed by atoms with Gasteiger partial charge < -0.3 is 14.4 Å². The molecule has 0 bridgehead atoms. The minimum Gasteiger partial charge on any atom is -0.492 e. The van der Waals surface area contributed by atoms with Crippen LogP contribution < -0.4 is 4.74 Å². The first-order valence-corrected chi connectivity index (χ1v) is 8.29. The average molecular weight is 328 g/mol. The first-order valence-electron chi connectivity index (χ1n) is 8.29. The fourth-order valence-corrected chi connectivity index (χ4v) is 3.21. The number of amides is 1. The Bertz CT molecular complexity index is 745. The van der Waals surface area contributed by atoms with Gasteiger partial charge in [0, 0.05) is 18.5 Å². The highest BCUT2D eigenvalue weighted by molar-refractivity contribution is 5.85. The zero-order chi connectivity index (χ0) is 16.5. The van der Waals surface area contributed by atoms with E-state index in [1.165, 1.54) is 0 Å². The molecule has 0 unspecified atom stereocenters. The van der Waals surface area contributed by atoms with Crippen LogP contribution in [-0.4, -0.2) is 52.3 Å². The molecular weight excluding hydrogens is 308 g/mol. The number of nitrogens with zero attached hydrogens (tertiary/aromatic N) is 3. The lowest BCUT2D eigenvalue weighted by Crippen LogP contribution is -2.45. The first-order chi connectivity index (χ1) is 11.8. The lowest BCUT2D eigenvalue weighted by molar-refractivity contribution is -0.141. The third kappa shape index (κ3) is 2.65. The summed E-state index contributed by atoms with van der Waals surface area (Å²) < 4.78 is 11.4. The van der Waals surface area contributed by atoms with E-state index in [0.717, 1.165) is 23.6 Å². The molecule has 1 amide bonds. The second-order valence-electron chi connectivity index (χ2n) is 6.04. The fourth-order valence-electron chi connectivity index (χ4n) is 3.21. The molecule has 4 rings (SSSR count). The molecule has 1 aromatic carbocycles. The van der Waals surface area contributed by atoms with Gasteiger partial charge in [-0.3, -0.25) is 9.89 Å². The third-order valence-electron chi connectivity index (χ3n) is 4.55. The molecule has 7 nitrogen and oxygen atoms in total. The molecule has 0 spiro atoms. The topological polar surface area (TPSA) is 80.3 Å². The van der Waals surface area contributed by atoms with Gasteiger partial charge in [0.1, 0.15) is 30.2 Å². The van der Waals surface area contributed by atoms with E-state index in [9.17, 15) is 4.79 Å². The Morgan fingerprint density at radius 1 is 1.42 bits per heavy atom. The number of fused-ring (bicyclic) bond motifs is 1. The molecule has 126 valence electrons. The number of aromatic nitrogens is 3. The fraction of sp³-hybridized carbons (Fsp3) is 0.471. The molecule has 1 saturated heterocycles. The van der Waals surface area contributed by atoms with Crippen LogP contribution in [0.4, 0.5) is 0 Å². The highest BCUT2D eigenvalue weighted by atomic mass is 16.5. The molecule has 2 atom stereocenters. The van der Waals surface area contributed by atoms with Crippen molar-refractivity contribution in [3.8, 4) is 5.75 Å². The Balaban J connectivity index is 1.49. The Morgan fingerprint density at radius 2 is 2.29 bits per heavy atom. The summed E-state index contributed by atoms with van der Waals surface area (Å²) in [5, 5.41) is 7.11. The largest absolute Gasteiger partial charge is 0.492 e. The molecule has 3 heterocycles. The van der Waals surface area contributed by atoms with Crippen molar-refractivity contribution >= 4 is 5.91 Å². The minimum atomic E-state index is -0.281. The van der Waals surface area contributed by atoms with Crippen LogP contribution in [0.25, 0.3) is 0 Å². The van der Waals surface area contributed by atoms with E-state index < -0.39 is 0 Å². The Morgan fingerprint density at radius 3 is 3.12 bits per heavy atom. The van der Waals surface area contributed by atoms with Gasteiger partial charge in [0.25, 0.3) is 0 Å². The number of rotatable bonds is 3. The Kier molecular flexibility index (Phi) is 3.93. The zero-order valence-corrected chi connectivity index (χ0v) is 13.6. The van der Waals surface area contributed by atoms with Gasteiger partial charge in [0.15, 0.2) is 5.82 Å². The van der Waals surface area contributed by atoms with E-state index in [1.54, 1.807) is 0 Å². The number of carbonyl (C=O) groups is 1. The molecule has 2 aliphatic heterocycles. The molecule has 24 heavy (non-hydrogen) atoms. The maximum atomic E-state index is 12.9. The molecule has 1 N–H and O–H groups in total. The number of aromatic amines is 1. The quantitative estimate of drug-likeness (QED) is 0.922. The third-order valence-corrected chi connectivity index (χ3v) is 4.55. The van der Waals surface area contributed by atoms with E-state index in [0.29, 0.717) is 32.1 Å². The van der Waals surface area contributed by atoms with Gasteiger partial charge in [-0.1, -0.05) is 25.1 Å². The van der Waals surface area contributed by atoms with Crippen molar-refractivity contribution in [1.82, 2.24) is 20.1 Å². The highest BCUT2D eigenvalue weighted by Crippen LogP contribution is 2.35. The van der Waals surface area contributed by atoms with Crippen LogP contribution in [0.5, 0.6) is 5.75 Å². The summed E-state index contributed by atoms with van der Waals surface area (Å²) in [6, 6.07) is 7.73. The van der Waals surface area contributed by atoms with Crippen molar-refractivity contribution in [2.24, 2.45) is 0 Å². The molecule has 2 aliphatic rings. The molecule has 0 saturated carbocycles. The monoisotopic (exact) mass is 328 g/mol. The van der Waals surface area contributed by atoms with E-state index in [-0.39, 0.29) is 17.9 Å². The van der Waals surface area contributed by atoms with Crippen molar-refractivity contribution < 1.29 is 14.3 Å². The highest BCUT2D eigenvalue weighted by Gasteiger charge is 2.36. The van der Waals surface area contributed by atoms with Crippen LogP contribution >= 0.6 is 0 Å². The Labute approximate surface area is 140 Å². The molecule has 0 radical (unpaired) electrons. The summed E-state index contributed by atoms with van der Waals surface area (Å²) in [6.45, 7) is 3.96. The zero-order valence-electron chi connectivity index (χ0n) is 13.6. The van der Waals surface area contributed by atoms with Gasteiger partial charge in [-0.15, -0.1) is 0 Å². The smallest absolute Gasteiger partial charge is 0.233 e. The minimum absolute atomic E-state index is 0.0829. The van der Waals surface area contributed by atoms with E-state index >= 15 is 0 Å². The summed E-state index contributed by atoms with van der Waals surface area (Å²) in [4.78, 5) is 19.2. The summed E-state index contributed by atoms with van der Waals surface area (Å²) in [7, 11) is 0. The van der Waals surface area contributed by atoms with Crippen LogP contribution in [0.2, 0.25) is 0 Å². The standard InChI is InChI=1S/C17H20N4O3/c1-2-15-18-16(20-19-15)14-9-21(7-8-23-14)17(22)12-10-24-13-6-4-3-5-11(12)13/h3-6,12,14H,2,7-10H2,1H3,(H,18,19,20)/t12-,14-/m0/s1. The second-order valence-corrected chi connectivity index (χ2v) is 6.04. The van der Waals surface area contributed by atoms with Gasteiger partial charge >= 0.3 is 0 Å². The van der Waals surface area contributed by atoms with Crippen LogP contribution in [0.1, 0.15) is 36.2 Å². The van der Waals surface area contributed by atoms with Gasteiger partial charge in [-0.25, -0.2) is 4.98 Å². The molecule has 0 aliphatic carbocycles. The molecule has 7 heteroatoms. The predicted octanol–water partition coefficient (Wildman–Crippen LogP) is 1.44. The van der Waals surface area contributed by atoms with Crippen LogP contribution in [0.3, 0.4) is 0 Å². The number of benzene rings is 1. The second kappa shape index (κ2) is 6.24. The van der Waals surface area contributed by atoms with E-state index in [4.69, 9.17) is 9.47 Å². The summed E-state index contributed by atoms with van der Waals surface area (Å²) in [6.07, 6.45) is 0.510. The molecule has 1 fully saturated rings. The maximum absolute atomic E-state index is 12.9. The van der Waals surface area contributed by atoms with E-state index in [1.807, 2.05) is 36.1 Å². The van der Waals surface area contributed by atoms with Gasteiger partial charge in [0.05, 0.1) is 13.2 Å². The van der Waals surface area contributed by atoms with Crippen molar-refractivity contribution in [3.63, 3.8) is 0 Å². The Hall–Kier alpha value is -2.41. The number of hydrogen-bond donors (Lipinski definition) is 1. The number of aryl methyl sites for hydroxylation is 1. The number of morpholine rings is 1. The van der Waals surface area contributed by atoms with Crippen LogP contribution in [0.15, 0.2) is 24.3 Å². The maximum Gasteiger partial charge on any atom is 0.233 e. The number of nitrogens with one attached hydrogen (secondary N) is 1. The number of H-pyrrole nitrogens is 1. The lowest BCUT2D eigenvalue weighted by atomic mass is 9.99. The van der Waals surface area contributed by atoms with Gasteiger partial charge in [-0.05, 0) is 6.07 Å². The van der Waals surface area contributed by atoms with Crippen molar-refractivity contribution in [2.75, 3.05) is 26.3 Å². The number of para-hydroxylation sites is 1. The number of carbonyl (C=O) groups excluding carboxylic acids is 1. The van der Waals surface area contributed by atoms with Gasteiger partial charge in [-0.2, -0.15) is 5.10 Å². The van der Waals surface area contributed by atoms with Gasteiger partial charge in [0.2, 0.25) is 5.91 Å². The average Bonchev–Trinajstić information content (AvgIpc) is 3.28. The molecule has 2 aromatic rings. The summed E-state index contributed by atoms with van der Waals surface area (Å²) in [5.41, 5.74) is 0.969. The summed E-state index contributed by atoms with van der Waals surface area (Å²) >= 11 is 0. The molecule has 1 aromatic heterocycles.